The summed E-state index contributed by atoms with van der Waals surface area (Å²) in [6, 6.07) is 3.63. The van der Waals surface area contributed by atoms with Crippen molar-refractivity contribution in [2.45, 2.75) is 48.1 Å². The molecule has 0 spiro atoms. The molecule has 1 unspecified atom stereocenters. The standard InChI is InChI=1S/C15H15F9O7S3/c1-3-9(2)10-4-6-11(7-5-10)31-34(29,30)14(20,21)12(16,17)13(18,19)32(25,26)8-33(27,28)15(22,23)24/h4-7,9H,3,8H2,1-2H3. The van der Waals surface area contributed by atoms with E-state index in [2.05, 4.69) is 4.18 Å². The van der Waals surface area contributed by atoms with Crippen molar-refractivity contribution in [2.24, 2.45) is 0 Å². The van der Waals surface area contributed by atoms with Crippen LogP contribution in [0.15, 0.2) is 24.3 Å². The van der Waals surface area contributed by atoms with Crippen LogP contribution in [-0.4, -0.2) is 52.3 Å². The molecule has 0 aliphatic heterocycles. The lowest BCUT2D eigenvalue weighted by Gasteiger charge is -2.31. The molecule has 1 aromatic rings. The lowest BCUT2D eigenvalue weighted by Crippen LogP contribution is -2.62. The fourth-order valence-electron chi connectivity index (χ4n) is 2.13. The number of benzene rings is 1. The summed E-state index contributed by atoms with van der Waals surface area (Å²) < 4.78 is 192. The van der Waals surface area contributed by atoms with Gasteiger partial charge in [0.05, 0.1) is 0 Å². The van der Waals surface area contributed by atoms with Gasteiger partial charge in [0.1, 0.15) is 5.75 Å². The van der Waals surface area contributed by atoms with Crippen molar-refractivity contribution in [3.05, 3.63) is 29.8 Å². The van der Waals surface area contributed by atoms with Crippen molar-refractivity contribution >= 4 is 29.8 Å². The number of rotatable bonds is 10. The van der Waals surface area contributed by atoms with Gasteiger partial charge in [-0.15, -0.1) is 0 Å². The number of alkyl halides is 9. The van der Waals surface area contributed by atoms with E-state index in [-0.39, 0.29) is 5.92 Å². The molecule has 0 amide bonds. The van der Waals surface area contributed by atoms with Gasteiger partial charge in [0.25, 0.3) is 9.84 Å². The third-order valence-electron chi connectivity index (χ3n) is 4.37. The molecule has 7 nitrogen and oxygen atoms in total. The van der Waals surface area contributed by atoms with Crippen molar-refractivity contribution in [3.8, 4) is 5.75 Å². The van der Waals surface area contributed by atoms with E-state index in [4.69, 9.17) is 0 Å². The summed E-state index contributed by atoms with van der Waals surface area (Å²) in [6.07, 6.45) is 0.566. The Balaban J connectivity index is 3.42. The van der Waals surface area contributed by atoms with Crippen molar-refractivity contribution in [1.29, 1.82) is 0 Å². The molecule has 0 aliphatic carbocycles. The summed E-state index contributed by atoms with van der Waals surface area (Å²) in [6.45, 7) is 3.44. The smallest absolute Gasteiger partial charge is 0.378 e. The van der Waals surface area contributed by atoms with Gasteiger partial charge in [-0.1, -0.05) is 26.0 Å². The van der Waals surface area contributed by atoms with Gasteiger partial charge < -0.3 is 4.18 Å². The molecule has 1 atom stereocenters. The second-order valence-electron chi connectivity index (χ2n) is 6.82. The highest BCUT2D eigenvalue weighted by Crippen LogP contribution is 2.52. The maximum atomic E-state index is 14.0. The van der Waals surface area contributed by atoms with E-state index in [1.807, 2.05) is 0 Å². The maximum absolute atomic E-state index is 14.0. The Hall–Kier alpha value is -1.76. The van der Waals surface area contributed by atoms with Crippen molar-refractivity contribution < 1.29 is 69.0 Å². The second-order valence-corrected chi connectivity index (χ2v) is 12.8. The van der Waals surface area contributed by atoms with Gasteiger partial charge in [0.2, 0.25) is 9.84 Å². The molecule has 0 heterocycles. The van der Waals surface area contributed by atoms with Gasteiger partial charge in [0.15, 0.2) is 5.08 Å². The molecule has 0 N–H and O–H groups in total. The second kappa shape index (κ2) is 9.03. The average molecular weight is 574 g/mol. The molecular formula is C15H15F9O7S3. The molecule has 0 aliphatic rings. The molecule has 198 valence electrons. The number of halogens is 9. The molecule has 0 bridgehead atoms. The van der Waals surface area contributed by atoms with Crippen LogP contribution in [0.2, 0.25) is 0 Å². The Morgan fingerprint density at radius 1 is 0.765 bits per heavy atom. The van der Waals surface area contributed by atoms with Crippen LogP contribution in [0.25, 0.3) is 0 Å². The van der Waals surface area contributed by atoms with Crippen molar-refractivity contribution in [2.75, 3.05) is 5.08 Å². The van der Waals surface area contributed by atoms with Gasteiger partial charge in [-0.25, -0.2) is 16.8 Å². The van der Waals surface area contributed by atoms with E-state index in [0.29, 0.717) is 24.1 Å². The number of hydrogen-bond acceptors (Lipinski definition) is 7. The van der Waals surface area contributed by atoms with E-state index >= 15 is 0 Å². The molecule has 0 saturated carbocycles. The highest BCUT2D eigenvalue weighted by Gasteiger charge is 2.83. The lowest BCUT2D eigenvalue weighted by molar-refractivity contribution is -0.245. The molecule has 0 saturated heterocycles. The minimum atomic E-state index is -7.58. The first-order valence-corrected chi connectivity index (χ1v) is 13.3. The topological polar surface area (TPSA) is 112 Å². The third-order valence-corrected chi connectivity index (χ3v) is 9.89. The van der Waals surface area contributed by atoms with Gasteiger partial charge in [-0.3, -0.25) is 0 Å². The van der Waals surface area contributed by atoms with Crippen LogP contribution in [0, 0.1) is 0 Å². The van der Waals surface area contributed by atoms with Crippen LogP contribution in [0.3, 0.4) is 0 Å². The highest BCUT2D eigenvalue weighted by molar-refractivity contribution is 8.08. The van der Waals surface area contributed by atoms with E-state index in [1.165, 1.54) is 0 Å². The Morgan fingerprint density at radius 2 is 1.21 bits per heavy atom. The Morgan fingerprint density at radius 3 is 1.59 bits per heavy atom. The Bertz CT molecular complexity index is 1200. The fraction of sp³-hybridized carbons (Fsp3) is 0.600. The monoisotopic (exact) mass is 574 g/mol. The molecule has 0 aromatic heterocycles. The summed E-state index contributed by atoms with van der Waals surface area (Å²) in [4.78, 5) is 0. The summed E-state index contributed by atoms with van der Waals surface area (Å²) in [5.74, 6) is -8.68. The van der Waals surface area contributed by atoms with E-state index in [1.54, 1.807) is 13.8 Å². The van der Waals surface area contributed by atoms with Crippen LogP contribution in [0.4, 0.5) is 39.5 Å². The van der Waals surface area contributed by atoms with Crippen LogP contribution < -0.4 is 4.18 Å². The van der Waals surface area contributed by atoms with Crippen molar-refractivity contribution in [3.63, 3.8) is 0 Å². The summed E-state index contributed by atoms with van der Waals surface area (Å²) in [7, 11) is -21.8. The van der Waals surface area contributed by atoms with Crippen molar-refractivity contribution in [1.82, 2.24) is 0 Å². The van der Waals surface area contributed by atoms with Gasteiger partial charge in [0, 0.05) is 0 Å². The Kier molecular flexibility index (Phi) is 8.04. The largest absolute Gasteiger partial charge is 0.498 e. The zero-order valence-electron chi connectivity index (χ0n) is 16.8. The van der Waals surface area contributed by atoms with E-state index in [0.717, 1.165) is 12.1 Å². The van der Waals surface area contributed by atoms with E-state index < -0.39 is 62.6 Å². The first-order valence-electron chi connectivity index (χ1n) is 8.56. The molecule has 19 heteroatoms. The SMILES string of the molecule is CCC(C)c1ccc(OS(=O)(=O)C(F)(F)C(F)(F)C(F)(F)S(=O)(=O)CS(=O)(=O)C(F)(F)F)cc1. The quantitative estimate of drug-likeness (QED) is 0.306. The maximum Gasteiger partial charge on any atom is 0.498 e. The molecule has 34 heavy (non-hydrogen) atoms. The molecule has 0 fully saturated rings. The van der Waals surface area contributed by atoms with Crippen LogP contribution in [-0.2, 0) is 29.8 Å². The molecule has 1 rings (SSSR count). The zero-order chi connectivity index (χ0) is 27.2. The van der Waals surface area contributed by atoms with E-state index in [9.17, 15) is 64.8 Å². The first kappa shape index (κ1) is 30.3. The summed E-state index contributed by atoms with van der Waals surface area (Å²) in [5, 5.41) is -18.1. The third kappa shape index (κ3) is 5.24. The Labute approximate surface area is 187 Å². The van der Waals surface area contributed by atoms with Gasteiger partial charge >= 0.3 is 32.1 Å². The van der Waals surface area contributed by atoms with Gasteiger partial charge in [-0.2, -0.15) is 47.9 Å². The minimum Gasteiger partial charge on any atom is -0.378 e. The van der Waals surface area contributed by atoms with Crippen LogP contribution >= 0.6 is 0 Å². The number of sulfone groups is 2. The zero-order valence-corrected chi connectivity index (χ0v) is 19.2. The highest BCUT2D eigenvalue weighted by atomic mass is 32.3. The molecular weight excluding hydrogens is 559 g/mol. The van der Waals surface area contributed by atoms with Gasteiger partial charge in [-0.05, 0) is 30.0 Å². The first-order chi connectivity index (χ1) is 14.9. The van der Waals surface area contributed by atoms with Crippen LogP contribution in [0.1, 0.15) is 31.7 Å². The van der Waals surface area contributed by atoms with Crippen LogP contribution in [0.5, 0.6) is 5.75 Å². The molecule has 0 radical (unpaired) electrons. The predicted octanol–water partition coefficient (Wildman–Crippen LogP) is 4.04. The molecule has 1 aromatic carbocycles. The number of hydrogen-bond donors (Lipinski definition) is 0. The minimum absolute atomic E-state index is 0.131. The average Bonchev–Trinajstić information content (AvgIpc) is 2.65. The predicted molar refractivity (Wildman–Crippen MR) is 98.3 cm³/mol. The fourth-order valence-corrected chi connectivity index (χ4v) is 6.39. The normalized spacial score (nSPS) is 15.7. The summed E-state index contributed by atoms with van der Waals surface area (Å²) in [5.41, 5.74) is -6.03. The summed E-state index contributed by atoms with van der Waals surface area (Å²) >= 11 is 0. The lowest BCUT2D eigenvalue weighted by atomic mass is 9.99.